The first-order chi connectivity index (χ1) is 11.7. The Morgan fingerprint density at radius 3 is 2.75 bits per heavy atom. The molecule has 3 nitrogen and oxygen atoms in total. The van der Waals surface area contributed by atoms with Gasteiger partial charge in [-0.15, -0.1) is 0 Å². The molecule has 0 saturated heterocycles. The molecule has 4 aromatic rings. The molecule has 0 aliphatic heterocycles. The number of benzene rings is 1. The number of aromatic nitrogens is 3. The van der Waals surface area contributed by atoms with Crippen molar-refractivity contribution in [1.82, 2.24) is 14.4 Å². The topological polar surface area (TPSA) is 30.2 Å². The van der Waals surface area contributed by atoms with Crippen LogP contribution in [0.15, 0.2) is 67.3 Å². The first kappa shape index (κ1) is 14.8. The molecule has 0 N–H and O–H groups in total. The first-order valence-corrected chi connectivity index (χ1v) is 7.89. The lowest BCUT2D eigenvalue weighted by atomic mass is 10.0. The van der Waals surface area contributed by atoms with E-state index < -0.39 is 5.95 Å². The third-order valence-corrected chi connectivity index (χ3v) is 4.11. The summed E-state index contributed by atoms with van der Waals surface area (Å²) >= 11 is 6.13. The zero-order valence-electron chi connectivity index (χ0n) is 12.7. The second kappa shape index (κ2) is 6.06. The van der Waals surface area contributed by atoms with E-state index in [1.54, 1.807) is 18.5 Å². The van der Waals surface area contributed by atoms with Crippen LogP contribution in [0.1, 0.15) is 11.1 Å². The Bertz CT molecular complexity index is 1010. The van der Waals surface area contributed by atoms with Crippen LogP contribution in [0, 0.1) is 5.95 Å². The average molecular weight is 338 g/mol. The van der Waals surface area contributed by atoms with Crippen molar-refractivity contribution in [3.8, 4) is 11.1 Å². The molecule has 0 unspecified atom stereocenters. The highest BCUT2D eigenvalue weighted by atomic mass is 35.5. The Labute approximate surface area is 143 Å². The first-order valence-electron chi connectivity index (χ1n) is 7.51. The smallest absolute Gasteiger partial charge is 0.212 e. The van der Waals surface area contributed by atoms with Crippen LogP contribution < -0.4 is 0 Å². The average Bonchev–Trinajstić information content (AvgIpc) is 3.05. The minimum absolute atomic E-state index is 0.469. The van der Waals surface area contributed by atoms with E-state index in [1.807, 2.05) is 41.1 Å². The van der Waals surface area contributed by atoms with Crippen molar-refractivity contribution in [2.24, 2.45) is 0 Å². The molecule has 5 heteroatoms. The summed E-state index contributed by atoms with van der Waals surface area (Å²) in [5.74, 6) is -0.469. The molecule has 0 atom stereocenters. The van der Waals surface area contributed by atoms with Crippen molar-refractivity contribution in [1.29, 1.82) is 0 Å². The Hall–Kier alpha value is -2.72. The van der Waals surface area contributed by atoms with Gasteiger partial charge in [-0.3, -0.25) is 0 Å². The summed E-state index contributed by atoms with van der Waals surface area (Å²) in [7, 11) is 0. The van der Waals surface area contributed by atoms with E-state index in [0.717, 1.165) is 27.9 Å². The van der Waals surface area contributed by atoms with Gasteiger partial charge in [0.2, 0.25) is 5.95 Å². The molecule has 1 aromatic carbocycles. The minimum Gasteiger partial charge on any atom is -0.306 e. The molecule has 0 saturated carbocycles. The lowest BCUT2D eigenvalue weighted by Crippen LogP contribution is -1.96. The molecule has 3 aromatic heterocycles. The number of hydrogen-bond acceptors (Lipinski definition) is 2. The maximum atomic E-state index is 13.0. The maximum absolute atomic E-state index is 13.0. The zero-order valence-corrected chi connectivity index (χ0v) is 13.4. The number of pyridine rings is 2. The number of rotatable bonds is 3. The zero-order chi connectivity index (χ0) is 16.5. The second-order valence-corrected chi connectivity index (χ2v) is 6.03. The van der Waals surface area contributed by atoms with Crippen LogP contribution in [0.4, 0.5) is 4.39 Å². The Kier molecular flexibility index (Phi) is 3.75. The summed E-state index contributed by atoms with van der Waals surface area (Å²) in [6.45, 7) is 0. The van der Waals surface area contributed by atoms with Crippen molar-refractivity contribution in [2.75, 3.05) is 0 Å². The van der Waals surface area contributed by atoms with Gasteiger partial charge in [0.05, 0.1) is 0 Å². The molecule has 0 spiro atoms. The molecular weight excluding hydrogens is 325 g/mol. The molecule has 24 heavy (non-hydrogen) atoms. The number of fused-ring (bicyclic) bond motifs is 1. The summed E-state index contributed by atoms with van der Waals surface area (Å²) in [6, 6.07) is 12.9. The van der Waals surface area contributed by atoms with E-state index in [9.17, 15) is 4.39 Å². The third-order valence-electron chi connectivity index (χ3n) is 3.88. The van der Waals surface area contributed by atoms with Gasteiger partial charge in [-0.2, -0.15) is 4.39 Å². The molecule has 0 aliphatic rings. The number of hydrogen-bond donors (Lipinski definition) is 0. The largest absolute Gasteiger partial charge is 0.306 e. The fourth-order valence-electron chi connectivity index (χ4n) is 2.80. The molecule has 0 fully saturated rings. The highest BCUT2D eigenvalue weighted by molar-refractivity contribution is 6.30. The lowest BCUT2D eigenvalue weighted by Gasteiger charge is -2.09. The van der Waals surface area contributed by atoms with Gasteiger partial charge in [-0.25, -0.2) is 9.97 Å². The number of nitrogens with zero attached hydrogens (tertiary/aromatic N) is 3. The summed E-state index contributed by atoms with van der Waals surface area (Å²) in [5, 5.41) is 0.686. The summed E-state index contributed by atoms with van der Waals surface area (Å²) in [4.78, 5) is 8.16. The van der Waals surface area contributed by atoms with Crippen LogP contribution in [0.25, 0.3) is 16.8 Å². The second-order valence-electron chi connectivity index (χ2n) is 5.60. The van der Waals surface area contributed by atoms with Gasteiger partial charge < -0.3 is 4.40 Å². The highest BCUT2D eigenvalue weighted by Crippen LogP contribution is 2.28. The van der Waals surface area contributed by atoms with E-state index in [1.165, 1.54) is 6.07 Å². The molecule has 0 radical (unpaired) electrons. The van der Waals surface area contributed by atoms with Crippen LogP contribution >= 0.6 is 11.6 Å². The molecule has 0 amide bonds. The van der Waals surface area contributed by atoms with E-state index in [2.05, 4.69) is 16.0 Å². The quantitative estimate of drug-likeness (QED) is 0.504. The van der Waals surface area contributed by atoms with Gasteiger partial charge in [0.1, 0.15) is 5.65 Å². The monoisotopic (exact) mass is 337 g/mol. The Balaban J connectivity index is 1.81. The van der Waals surface area contributed by atoms with Crippen LogP contribution in [0.3, 0.4) is 0 Å². The van der Waals surface area contributed by atoms with E-state index >= 15 is 0 Å². The van der Waals surface area contributed by atoms with Crippen LogP contribution in [-0.2, 0) is 6.42 Å². The van der Waals surface area contributed by atoms with Crippen LogP contribution in [0.5, 0.6) is 0 Å². The van der Waals surface area contributed by atoms with Crippen molar-refractivity contribution in [2.45, 2.75) is 6.42 Å². The van der Waals surface area contributed by atoms with Crippen molar-refractivity contribution in [3.05, 3.63) is 89.3 Å². The van der Waals surface area contributed by atoms with Crippen LogP contribution in [-0.4, -0.2) is 14.4 Å². The van der Waals surface area contributed by atoms with Crippen molar-refractivity contribution in [3.63, 3.8) is 0 Å². The van der Waals surface area contributed by atoms with E-state index in [0.29, 0.717) is 11.4 Å². The normalized spacial score (nSPS) is 11.1. The molecule has 0 aliphatic carbocycles. The van der Waals surface area contributed by atoms with Gasteiger partial charge in [0.25, 0.3) is 0 Å². The third kappa shape index (κ3) is 2.88. The highest BCUT2D eigenvalue weighted by Gasteiger charge is 2.09. The predicted octanol–water partition coefficient (Wildman–Crippen LogP) is 4.78. The molecule has 118 valence electrons. The molecule has 3 heterocycles. The Morgan fingerprint density at radius 1 is 1.04 bits per heavy atom. The predicted molar refractivity (Wildman–Crippen MR) is 92.6 cm³/mol. The van der Waals surface area contributed by atoms with Crippen LogP contribution in [0.2, 0.25) is 5.02 Å². The SMILES string of the molecule is Fc1ccc(Cc2cc(-c3cccc(Cl)c3)c3nccn3c2)cn1. The molecular formula is C19H13ClFN3. The van der Waals surface area contributed by atoms with Crippen molar-refractivity contribution >= 4 is 17.2 Å². The van der Waals surface area contributed by atoms with Gasteiger partial charge in [-0.05, 0) is 41.0 Å². The Morgan fingerprint density at radius 2 is 1.96 bits per heavy atom. The fourth-order valence-corrected chi connectivity index (χ4v) is 2.99. The standard InChI is InChI=1S/C19H13ClFN3/c20-16-3-1-2-15(10-16)17-9-14(12-24-7-6-22-19(17)24)8-13-4-5-18(21)23-11-13/h1-7,9-12H,8H2. The fraction of sp³-hybridized carbons (Fsp3) is 0.0526. The van der Waals surface area contributed by atoms with Crippen molar-refractivity contribution < 1.29 is 4.39 Å². The van der Waals surface area contributed by atoms with Gasteiger partial charge >= 0.3 is 0 Å². The summed E-state index contributed by atoms with van der Waals surface area (Å²) in [6.07, 6.45) is 7.93. The maximum Gasteiger partial charge on any atom is 0.212 e. The summed E-state index contributed by atoms with van der Waals surface area (Å²) < 4.78 is 15.0. The molecule has 4 rings (SSSR count). The van der Waals surface area contributed by atoms with E-state index in [-0.39, 0.29) is 0 Å². The molecule has 0 bridgehead atoms. The van der Waals surface area contributed by atoms with Gasteiger partial charge in [-0.1, -0.05) is 29.8 Å². The number of halogens is 2. The minimum atomic E-state index is -0.469. The van der Waals surface area contributed by atoms with Gasteiger partial charge in [0.15, 0.2) is 0 Å². The van der Waals surface area contributed by atoms with Gasteiger partial charge in [0, 0.05) is 41.8 Å². The summed E-state index contributed by atoms with van der Waals surface area (Å²) in [5.41, 5.74) is 4.93. The number of imidazole rings is 1. The van der Waals surface area contributed by atoms with E-state index in [4.69, 9.17) is 11.6 Å². The lowest BCUT2D eigenvalue weighted by molar-refractivity contribution is 0.582.